The van der Waals surface area contributed by atoms with E-state index in [1.54, 1.807) is 0 Å². The van der Waals surface area contributed by atoms with Gasteiger partial charge >= 0.3 is 0 Å². The summed E-state index contributed by atoms with van der Waals surface area (Å²) in [6.45, 7) is 0. The molecule has 11 rings (SSSR count). The molecule has 8 aromatic carbocycles. The van der Waals surface area contributed by atoms with Crippen molar-refractivity contribution in [2.24, 2.45) is 0 Å². The lowest BCUT2D eigenvalue weighted by molar-refractivity contribution is 1.18. The van der Waals surface area contributed by atoms with Gasteiger partial charge < -0.3 is 9.13 Å². The summed E-state index contributed by atoms with van der Waals surface area (Å²) in [6, 6.07) is 76.2. The summed E-state index contributed by atoms with van der Waals surface area (Å²) < 4.78 is 4.78. The minimum Gasteiger partial charge on any atom is -0.309 e. The molecule has 0 aliphatic carbocycles. The number of hydrogen-bond acceptors (Lipinski definition) is 1. The van der Waals surface area contributed by atoms with E-state index in [0.29, 0.717) is 0 Å². The van der Waals surface area contributed by atoms with Gasteiger partial charge in [-0.15, -0.1) is 0 Å². The predicted molar refractivity (Wildman–Crippen MR) is 235 cm³/mol. The topological polar surface area (TPSA) is 22.8 Å². The van der Waals surface area contributed by atoms with Gasteiger partial charge in [-0.1, -0.05) is 146 Å². The molecule has 11 aromatic rings. The molecule has 0 saturated heterocycles. The van der Waals surface area contributed by atoms with Crippen LogP contribution < -0.4 is 0 Å². The van der Waals surface area contributed by atoms with Crippen molar-refractivity contribution in [1.29, 1.82) is 0 Å². The fourth-order valence-electron chi connectivity index (χ4n) is 8.47. The molecule has 0 amide bonds. The van der Waals surface area contributed by atoms with Gasteiger partial charge in [0.05, 0.1) is 33.5 Å². The van der Waals surface area contributed by atoms with Crippen molar-refractivity contribution in [3.05, 3.63) is 212 Å². The molecule has 0 bridgehead atoms. The number of nitrogens with zero attached hydrogens (tertiary/aromatic N) is 3. The fraction of sp³-hybridized carbons (Fsp3) is 0. The summed E-state index contributed by atoms with van der Waals surface area (Å²) in [5.74, 6) is 0. The summed E-state index contributed by atoms with van der Waals surface area (Å²) >= 11 is 0. The SMILES string of the molecule is c1ccc(-c2cc(-c3ccccc3)nc(-c3cccc(-n4c5ccccc5c5cc(-c6ccc7c8ccccc8n(-c8ccccc8)c7c6)ccc54)c3)c2)cc1. The summed E-state index contributed by atoms with van der Waals surface area (Å²) in [7, 11) is 0. The number of aromatic nitrogens is 3. The molecule has 0 unspecified atom stereocenters. The molecule has 3 nitrogen and oxygen atoms in total. The van der Waals surface area contributed by atoms with Crippen LogP contribution in [0.25, 0.3) is 99.8 Å². The van der Waals surface area contributed by atoms with Gasteiger partial charge in [0.25, 0.3) is 0 Å². The second kappa shape index (κ2) is 13.1. The Bertz CT molecular complexity index is 3170. The van der Waals surface area contributed by atoms with Crippen LogP contribution in [0.2, 0.25) is 0 Å². The lowest BCUT2D eigenvalue weighted by Gasteiger charge is -2.13. The first-order chi connectivity index (χ1) is 27.8. The average molecular weight is 714 g/mol. The van der Waals surface area contributed by atoms with E-state index in [-0.39, 0.29) is 0 Å². The summed E-state index contributed by atoms with van der Waals surface area (Å²) in [5.41, 5.74) is 15.8. The monoisotopic (exact) mass is 713 g/mol. The van der Waals surface area contributed by atoms with Crippen LogP contribution >= 0.6 is 0 Å². The molecule has 0 fully saturated rings. The van der Waals surface area contributed by atoms with Gasteiger partial charge in [0.15, 0.2) is 0 Å². The maximum absolute atomic E-state index is 5.24. The maximum Gasteiger partial charge on any atom is 0.0716 e. The molecule has 0 aliphatic heterocycles. The van der Waals surface area contributed by atoms with Crippen molar-refractivity contribution < 1.29 is 0 Å². The van der Waals surface area contributed by atoms with Crippen LogP contribution in [0.4, 0.5) is 0 Å². The van der Waals surface area contributed by atoms with Crippen molar-refractivity contribution in [1.82, 2.24) is 14.1 Å². The number of hydrogen-bond donors (Lipinski definition) is 0. The largest absolute Gasteiger partial charge is 0.309 e. The Kier molecular flexibility index (Phi) is 7.49. The Morgan fingerprint density at radius 1 is 0.250 bits per heavy atom. The van der Waals surface area contributed by atoms with E-state index in [1.165, 1.54) is 60.3 Å². The Hall–Kier alpha value is -7.49. The van der Waals surface area contributed by atoms with Crippen LogP contribution in [-0.2, 0) is 0 Å². The highest BCUT2D eigenvalue weighted by atomic mass is 15.0. The van der Waals surface area contributed by atoms with Crippen LogP contribution in [0.1, 0.15) is 0 Å². The highest BCUT2D eigenvalue weighted by Crippen LogP contribution is 2.39. The van der Waals surface area contributed by atoms with Gasteiger partial charge in [0.1, 0.15) is 0 Å². The summed E-state index contributed by atoms with van der Waals surface area (Å²) in [5, 5.41) is 4.97. The average Bonchev–Trinajstić information content (AvgIpc) is 3.79. The van der Waals surface area contributed by atoms with Crippen molar-refractivity contribution >= 4 is 43.6 Å². The molecule has 0 saturated carbocycles. The number of pyridine rings is 1. The first-order valence-corrected chi connectivity index (χ1v) is 19.1. The van der Waals surface area contributed by atoms with Crippen LogP contribution in [0, 0.1) is 0 Å². The van der Waals surface area contributed by atoms with E-state index in [0.717, 1.165) is 39.5 Å². The van der Waals surface area contributed by atoms with Crippen molar-refractivity contribution in [3.63, 3.8) is 0 Å². The standard InChI is InChI=1S/C53H35N3/c1-4-15-36(16-5-1)41-33-48(37-17-6-2-7-18-37)54-49(34-41)40-19-14-22-43(31-40)56-51-26-13-11-24-45(51)47-32-38(28-30-52(47)56)39-27-29-46-44-23-10-12-25-50(44)55(53(46)35-39)42-20-8-3-9-21-42/h1-35H. The second-order valence-electron chi connectivity index (χ2n) is 14.4. The number of para-hydroxylation sites is 3. The quantitative estimate of drug-likeness (QED) is 0.168. The lowest BCUT2D eigenvalue weighted by Crippen LogP contribution is -1.96. The molecule has 0 N–H and O–H groups in total. The van der Waals surface area contributed by atoms with E-state index in [4.69, 9.17) is 4.98 Å². The molecule has 0 spiro atoms. The van der Waals surface area contributed by atoms with E-state index in [1.807, 2.05) is 6.07 Å². The predicted octanol–water partition coefficient (Wildman–Crippen LogP) is 13.9. The van der Waals surface area contributed by atoms with Gasteiger partial charge in [-0.2, -0.15) is 0 Å². The van der Waals surface area contributed by atoms with Crippen molar-refractivity contribution in [3.8, 4) is 56.1 Å². The van der Waals surface area contributed by atoms with Crippen LogP contribution in [0.3, 0.4) is 0 Å². The molecule has 262 valence electrons. The second-order valence-corrected chi connectivity index (χ2v) is 14.4. The fourth-order valence-corrected chi connectivity index (χ4v) is 8.47. The van der Waals surface area contributed by atoms with E-state index in [2.05, 4.69) is 215 Å². The van der Waals surface area contributed by atoms with Crippen molar-refractivity contribution in [2.75, 3.05) is 0 Å². The molecular weight excluding hydrogens is 679 g/mol. The van der Waals surface area contributed by atoms with Crippen LogP contribution in [0.5, 0.6) is 0 Å². The third-order valence-corrected chi connectivity index (χ3v) is 11.1. The molecule has 0 radical (unpaired) electrons. The zero-order valence-electron chi connectivity index (χ0n) is 30.5. The van der Waals surface area contributed by atoms with Gasteiger partial charge in [-0.3, -0.25) is 0 Å². The van der Waals surface area contributed by atoms with Crippen LogP contribution in [0.15, 0.2) is 212 Å². The maximum atomic E-state index is 5.24. The van der Waals surface area contributed by atoms with Crippen molar-refractivity contribution in [2.45, 2.75) is 0 Å². The number of benzene rings is 8. The smallest absolute Gasteiger partial charge is 0.0716 e. The first-order valence-electron chi connectivity index (χ1n) is 19.1. The summed E-state index contributed by atoms with van der Waals surface area (Å²) in [6.07, 6.45) is 0. The molecule has 3 aromatic heterocycles. The van der Waals surface area contributed by atoms with E-state index < -0.39 is 0 Å². The molecule has 0 atom stereocenters. The Labute approximate surface area is 325 Å². The molecule has 0 aliphatic rings. The third-order valence-electron chi connectivity index (χ3n) is 11.1. The zero-order chi connectivity index (χ0) is 37.0. The summed E-state index contributed by atoms with van der Waals surface area (Å²) in [4.78, 5) is 5.24. The first kappa shape index (κ1) is 32.0. The van der Waals surface area contributed by atoms with E-state index in [9.17, 15) is 0 Å². The van der Waals surface area contributed by atoms with E-state index >= 15 is 0 Å². The number of rotatable bonds is 6. The van der Waals surface area contributed by atoms with Crippen LogP contribution in [-0.4, -0.2) is 14.1 Å². The third kappa shape index (κ3) is 5.32. The number of fused-ring (bicyclic) bond motifs is 6. The molecule has 56 heavy (non-hydrogen) atoms. The Balaban J connectivity index is 1.06. The minimum absolute atomic E-state index is 0.943. The Morgan fingerprint density at radius 2 is 0.750 bits per heavy atom. The molecular formula is C53H35N3. The molecule has 3 heteroatoms. The zero-order valence-corrected chi connectivity index (χ0v) is 30.5. The highest BCUT2D eigenvalue weighted by molar-refractivity contribution is 6.12. The van der Waals surface area contributed by atoms with Gasteiger partial charge in [0, 0.05) is 44.0 Å². The lowest BCUT2D eigenvalue weighted by atomic mass is 10.00. The molecule has 3 heterocycles. The highest BCUT2D eigenvalue weighted by Gasteiger charge is 2.17. The normalized spacial score (nSPS) is 11.6. The Morgan fingerprint density at radius 3 is 1.48 bits per heavy atom. The van der Waals surface area contributed by atoms with Gasteiger partial charge in [0.2, 0.25) is 0 Å². The van der Waals surface area contributed by atoms with Gasteiger partial charge in [-0.25, -0.2) is 4.98 Å². The van der Waals surface area contributed by atoms with Gasteiger partial charge in [-0.05, 0) is 89.0 Å². The minimum atomic E-state index is 0.943.